The van der Waals surface area contributed by atoms with E-state index >= 15 is 0 Å². The van der Waals surface area contributed by atoms with Gasteiger partial charge in [-0.3, -0.25) is 4.79 Å². The molecular weight excluding hydrogens is 469 g/mol. The van der Waals surface area contributed by atoms with Gasteiger partial charge >= 0.3 is 6.18 Å². The first-order valence-corrected chi connectivity index (χ1v) is 12.2. The molecule has 0 fully saturated rings. The lowest BCUT2D eigenvalue weighted by Crippen LogP contribution is -2.26. The third-order valence-corrected chi connectivity index (χ3v) is 7.30. The Morgan fingerprint density at radius 1 is 1.09 bits per heavy atom. The summed E-state index contributed by atoms with van der Waals surface area (Å²) in [5.74, 6) is 0.479. The van der Waals surface area contributed by atoms with Gasteiger partial charge < -0.3 is 9.88 Å². The summed E-state index contributed by atoms with van der Waals surface area (Å²) in [6.45, 7) is 2.86. The number of nitrogens with zero attached hydrogens (tertiary/aromatic N) is 3. The molecule has 0 aliphatic carbocycles. The average Bonchev–Trinajstić information content (AvgIpc) is 3.14. The maximum atomic E-state index is 12.6. The highest BCUT2D eigenvalue weighted by atomic mass is 32.2. The Bertz CT molecular complexity index is 1270. The van der Waals surface area contributed by atoms with Gasteiger partial charge in [0.05, 0.1) is 21.5 Å². The monoisotopic (exact) mass is 496 g/mol. The van der Waals surface area contributed by atoms with Crippen molar-refractivity contribution in [1.29, 1.82) is 0 Å². The summed E-state index contributed by atoms with van der Waals surface area (Å²) in [5, 5.41) is 2.78. The van der Waals surface area contributed by atoms with Crippen LogP contribution in [0, 0.1) is 0 Å². The van der Waals surface area contributed by atoms with Gasteiger partial charge in [0, 0.05) is 40.0 Å². The number of halogens is 3. The van der Waals surface area contributed by atoms with Crippen LogP contribution in [-0.4, -0.2) is 48.8 Å². The quantitative estimate of drug-likeness (QED) is 0.491. The average molecular weight is 497 g/mol. The first-order valence-electron chi connectivity index (χ1n) is 10.8. The molecule has 0 radical (unpaired) electrons. The second-order valence-corrected chi connectivity index (χ2v) is 10.2. The van der Waals surface area contributed by atoms with E-state index in [2.05, 4.69) is 10.3 Å². The number of hydrogen-bond donors (Lipinski definition) is 1. The number of aromatic nitrogens is 2. The van der Waals surface area contributed by atoms with Crippen molar-refractivity contribution in [3.63, 3.8) is 0 Å². The second kappa shape index (κ2) is 10.1. The Hall–Kier alpha value is -2.92. The van der Waals surface area contributed by atoms with Gasteiger partial charge in [-0.1, -0.05) is 12.1 Å². The SMILES string of the molecule is CCn1c(CCC(=O)NCCc2ccc(C(F)(F)F)cc2)nc2cc(S(=O)(=O)N(C)C)ccc21. The Morgan fingerprint density at radius 2 is 1.76 bits per heavy atom. The first-order chi connectivity index (χ1) is 15.9. The van der Waals surface area contributed by atoms with E-state index in [1.54, 1.807) is 12.1 Å². The molecule has 3 rings (SSSR count). The predicted octanol–water partition coefficient (Wildman–Crippen LogP) is 3.62. The molecule has 184 valence electrons. The number of carbonyl (C=O) groups is 1. The third kappa shape index (κ3) is 5.76. The molecule has 2 aromatic carbocycles. The Balaban J connectivity index is 1.60. The van der Waals surface area contributed by atoms with E-state index in [1.165, 1.54) is 32.3 Å². The van der Waals surface area contributed by atoms with Crippen molar-refractivity contribution in [2.24, 2.45) is 0 Å². The molecule has 0 saturated carbocycles. The van der Waals surface area contributed by atoms with Gasteiger partial charge in [-0.2, -0.15) is 13.2 Å². The summed E-state index contributed by atoms with van der Waals surface area (Å²) in [7, 11) is -0.655. The number of imidazole rings is 1. The zero-order valence-corrected chi connectivity index (χ0v) is 20.0. The van der Waals surface area contributed by atoms with Gasteiger partial charge in [-0.05, 0) is 49.2 Å². The Morgan fingerprint density at radius 3 is 2.35 bits per heavy atom. The van der Waals surface area contributed by atoms with E-state index in [-0.39, 0.29) is 17.2 Å². The van der Waals surface area contributed by atoms with Crippen LogP contribution in [0.3, 0.4) is 0 Å². The van der Waals surface area contributed by atoms with Crippen molar-refractivity contribution in [2.75, 3.05) is 20.6 Å². The molecule has 1 heterocycles. The topological polar surface area (TPSA) is 84.3 Å². The van der Waals surface area contributed by atoms with Crippen LogP contribution in [0.25, 0.3) is 11.0 Å². The number of nitrogens with one attached hydrogen (secondary N) is 1. The number of sulfonamides is 1. The van der Waals surface area contributed by atoms with E-state index in [1.807, 2.05) is 11.5 Å². The van der Waals surface area contributed by atoms with Crippen molar-refractivity contribution in [2.45, 2.75) is 43.8 Å². The molecule has 11 heteroatoms. The van der Waals surface area contributed by atoms with Crippen LogP contribution in [0.4, 0.5) is 13.2 Å². The minimum atomic E-state index is -4.37. The summed E-state index contributed by atoms with van der Waals surface area (Å²) in [5.41, 5.74) is 1.33. The van der Waals surface area contributed by atoms with Crippen LogP contribution in [0.15, 0.2) is 47.4 Å². The molecule has 0 bridgehead atoms. The largest absolute Gasteiger partial charge is 0.416 e. The molecule has 34 heavy (non-hydrogen) atoms. The minimum Gasteiger partial charge on any atom is -0.356 e. The van der Waals surface area contributed by atoms with Crippen molar-refractivity contribution in [3.8, 4) is 0 Å². The van der Waals surface area contributed by atoms with Gasteiger partial charge in [0.2, 0.25) is 15.9 Å². The summed E-state index contributed by atoms with van der Waals surface area (Å²) in [4.78, 5) is 17.0. The highest BCUT2D eigenvalue weighted by Crippen LogP contribution is 2.29. The number of rotatable bonds is 9. The van der Waals surface area contributed by atoms with E-state index in [4.69, 9.17) is 0 Å². The molecule has 7 nitrogen and oxygen atoms in total. The highest BCUT2D eigenvalue weighted by molar-refractivity contribution is 7.89. The highest BCUT2D eigenvalue weighted by Gasteiger charge is 2.29. The van der Waals surface area contributed by atoms with Crippen LogP contribution in [0.5, 0.6) is 0 Å². The van der Waals surface area contributed by atoms with Crippen molar-refractivity contribution < 1.29 is 26.4 Å². The fourth-order valence-corrected chi connectivity index (χ4v) is 4.52. The molecule has 0 spiro atoms. The Kier molecular flexibility index (Phi) is 7.67. The molecule has 1 aromatic heterocycles. The fraction of sp³-hybridized carbons (Fsp3) is 0.391. The predicted molar refractivity (Wildman–Crippen MR) is 123 cm³/mol. The molecule has 1 amide bonds. The standard InChI is InChI=1S/C23H27F3N4O3S/c1-4-30-20-10-9-18(34(32,33)29(2)3)15-19(20)28-21(30)11-12-22(31)27-14-13-16-5-7-17(8-6-16)23(24,25)26/h5-10,15H,4,11-14H2,1-3H3,(H,27,31). The number of benzene rings is 2. The third-order valence-electron chi connectivity index (χ3n) is 5.49. The van der Waals surface area contributed by atoms with Crippen molar-refractivity contribution >= 4 is 27.0 Å². The summed E-state index contributed by atoms with van der Waals surface area (Å²) < 4.78 is 65.8. The minimum absolute atomic E-state index is 0.151. The second-order valence-electron chi connectivity index (χ2n) is 8.00. The molecule has 0 unspecified atom stereocenters. The normalized spacial score (nSPS) is 12.4. The van der Waals surface area contributed by atoms with E-state index in [0.717, 1.165) is 22.0 Å². The lowest BCUT2D eigenvalue weighted by atomic mass is 10.1. The number of alkyl halides is 3. The van der Waals surface area contributed by atoms with E-state index in [0.29, 0.717) is 42.8 Å². The molecule has 0 saturated heterocycles. The van der Waals surface area contributed by atoms with E-state index < -0.39 is 21.8 Å². The molecule has 0 atom stereocenters. The van der Waals surface area contributed by atoms with Crippen LogP contribution in [-0.2, 0) is 40.4 Å². The van der Waals surface area contributed by atoms with Crippen LogP contribution < -0.4 is 5.32 Å². The molecule has 0 aliphatic heterocycles. The number of amides is 1. The molecule has 0 aliphatic rings. The van der Waals surface area contributed by atoms with Crippen molar-refractivity contribution in [3.05, 3.63) is 59.4 Å². The lowest BCUT2D eigenvalue weighted by molar-refractivity contribution is -0.137. The maximum absolute atomic E-state index is 12.6. The summed E-state index contributed by atoms with van der Waals surface area (Å²) >= 11 is 0. The zero-order valence-electron chi connectivity index (χ0n) is 19.2. The van der Waals surface area contributed by atoms with Crippen LogP contribution in [0.2, 0.25) is 0 Å². The number of fused-ring (bicyclic) bond motifs is 1. The lowest BCUT2D eigenvalue weighted by Gasteiger charge is -2.11. The van der Waals surface area contributed by atoms with Gasteiger partial charge in [-0.15, -0.1) is 0 Å². The number of carbonyl (C=O) groups excluding carboxylic acids is 1. The van der Waals surface area contributed by atoms with Crippen LogP contribution in [0.1, 0.15) is 30.3 Å². The molecule has 3 aromatic rings. The smallest absolute Gasteiger partial charge is 0.356 e. The Labute approximate surface area is 196 Å². The van der Waals surface area contributed by atoms with Gasteiger partial charge in [0.25, 0.3) is 0 Å². The summed E-state index contributed by atoms with van der Waals surface area (Å²) in [6.07, 6.45) is -3.41. The van der Waals surface area contributed by atoms with Gasteiger partial charge in [0.1, 0.15) is 5.82 Å². The number of aryl methyl sites for hydroxylation is 2. The van der Waals surface area contributed by atoms with Gasteiger partial charge in [-0.25, -0.2) is 17.7 Å². The maximum Gasteiger partial charge on any atom is 0.416 e. The van der Waals surface area contributed by atoms with Gasteiger partial charge in [0.15, 0.2) is 0 Å². The number of hydrogen-bond acceptors (Lipinski definition) is 4. The van der Waals surface area contributed by atoms with Crippen LogP contribution >= 0.6 is 0 Å². The van der Waals surface area contributed by atoms with E-state index in [9.17, 15) is 26.4 Å². The first kappa shape index (κ1) is 25.7. The van der Waals surface area contributed by atoms with Crippen molar-refractivity contribution in [1.82, 2.24) is 19.2 Å². The summed E-state index contributed by atoms with van der Waals surface area (Å²) in [6, 6.07) is 9.67. The molecule has 1 N–H and O–H groups in total. The molecular formula is C23H27F3N4O3S. The fourth-order valence-electron chi connectivity index (χ4n) is 3.59. The zero-order chi connectivity index (χ0) is 25.1.